The van der Waals surface area contributed by atoms with Crippen molar-refractivity contribution in [3.05, 3.63) is 66.4 Å². The van der Waals surface area contributed by atoms with Crippen molar-refractivity contribution in [2.24, 2.45) is 0 Å². The van der Waals surface area contributed by atoms with Crippen LogP contribution in [0, 0.1) is 12.7 Å². The Labute approximate surface area is 131 Å². The molecule has 3 heterocycles. The molecule has 23 heavy (non-hydrogen) atoms. The van der Waals surface area contributed by atoms with E-state index in [9.17, 15) is 4.39 Å². The second-order valence-electron chi connectivity index (χ2n) is 5.14. The fraction of sp³-hybridized carbons (Fsp3) is 0.0588. The molecule has 0 amide bonds. The molecule has 0 unspecified atom stereocenters. The molecule has 3 aromatic heterocycles. The molecule has 114 valence electrons. The van der Waals surface area contributed by atoms with Gasteiger partial charge in [-0.25, -0.2) is 14.4 Å². The Morgan fingerprint density at radius 2 is 1.96 bits per heavy atom. The van der Waals surface area contributed by atoms with Crippen LogP contribution in [0.3, 0.4) is 0 Å². The summed E-state index contributed by atoms with van der Waals surface area (Å²) < 4.78 is 20.6. The molecule has 0 radical (unpaired) electrons. The average Bonchev–Trinajstić information content (AvgIpc) is 3.14. The number of nitrogens with one attached hydrogen (secondary N) is 1. The number of halogens is 1. The van der Waals surface area contributed by atoms with E-state index in [2.05, 4.69) is 15.3 Å². The monoisotopic (exact) mass is 308 g/mol. The molecular weight excluding hydrogens is 295 g/mol. The Morgan fingerprint density at radius 1 is 1.13 bits per heavy atom. The molecule has 4 rings (SSSR count). The maximum Gasteiger partial charge on any atom is 0.236 e. The van der Waals surface area contributed by atoms with Crippen molar-refractivity contribution in [2.75, 3.05) is 5.32 Å². The van der Waals surface area contributed by atoms with Gasteiger partial charge in [-0.3, -0.25) is 4.40 Å². The Hall–Kier alpha value is -3.15. The molecule has 4 aromatic rings. The van der Waals surface area contributed by atoms with E-state index in [0.717, 1.165) is 11.4 Å². The first-order valence-electron chi connectivity index (χ1n) is 7.13. The number of nitrogens with zero attached hydrogens (tertiary/aromatic N) is 3. The van der Waals surface area contributed by atoms with E-state index in [1.54, 1.807) is 18.3 Å². The van der Waals surface area contributed by atoms with Gasteiger partial charge in [-0.05, 0) is 49.4 Å². The van der Waals surface area contributed by atoms with Crippen molar-refractivity contribution >= 4 is 17.3 Å². The number of rotatable bonds is 3. The normalized spacial score (nSPS) is 11.0. The van der Waals surface area contributed by atoms with Crippen molar-refractivity contribution < 1.29 is 8.81 Å². The van der Waals surface area contributed by atoms with Crippen molar-refractivity contribution in [3.63, 3.8) is 0 Å². The van der Waals surface area contributed by atoms with E-state index < -0.39 is 0 Å². The lowest BCUT2D eigenvalue weighted by Gasteiger charge is -2.07. The first-order valence-corrected chi connectivity index (χ1v) is 7.13. The van der Waals surface area contributed by atoms with E-state index in [1.165, 1.54) is 12.1 Å². The van der Waals surface area contributed by atoms with Crippen LogP contribution in [-0.4, -0.2) is 14.4 Å². The van der Waals surface area contributed by atoms with Crippen LogP contribution in [0.2, 0.25) is 0 Å². The third-order valence-corrected chi connectivity index (χ3v) is 3.48. The van der Waals surface area contributed by atoms with E-state index in [4.69, 9.17) is 4.42 Å². The maximum atomic E-state index is 13.1. The smallest absolute Gasteiger partial charge is 0.236 e. The number of aryl methyl sites for hydroxylation is 1. The number of furan rings is 1. The summed E-state index contributed by atoms with van der Waals surface area (Å²) in [5, 5.41) is 3.26. The van der Waals surface area contributed by atoms with E-state index in [0.29, 0.717) is 23.0 Å². The van der Waals surface area contributed by atoms with Crippen LogP contribution in [0.15, 0.2) is 59.3 Å². The summed E-state index contributed by atoms with van der Waals surface area (Å²) in [5.41, 5.74) is 1.41. The van der Waals surface area contributed by atoms with Crippen molar-refractivity contribution in [3.8, 4) is 11.5 Å². The molecule has 1 N–H and O–H groups in total. The topological polar surface area (TPSA) is 55.4 Å². The number of benzene rings is 1. The van der Waals surface area contributed by atoms with Crippen molar-refractivity contribution in [1.82, 2.24) is 14.4 Å². The number of hydrogen-bond donors (Lipinski definition) is 1. The average molecular weight is 308 g/mol. The molecular formula is C17H13FN4O. The third-order valence-electron chi connectivity index (χ3n) is 3.48. The minimum absolute atomic E-state index is 0.280. The van der Waals surface area contributed by atoms with Gasteiger partial charge in [0.1, 0.15) is 17.4 Å². The lowest BCUT2D eigenvalue weighted by atomic mass is 10.3. The molecule has 5 nitrogen and oxygen atoms in total. The highest BCUT2D eigenvalue weighted by Gasteiger charge is 2.17. The zero-order valence-corrected chi connectivity index (χ0v) is 12.3. The third kappa shape index (κ3) is 2.44. The number of aromatic nitrogens is 3. The highest BCUT2D eigenvalue weighted by Crippen LogP contribution is 2.31. The molecule has 0 aliphatic carbocycles. The van der Waals surface area contributed by atoms with Crippen molar-refractivity contribution in [2.45, 2.75) is 6.92 Å². The molecule has 0 saturated carbocycles. The van der Waals surface area contributed by atoms with Crippen LogP contribution in [0.5, 0.6) is 0 Å². The minimum atomic E-state index is -0.280. The zero-order valence-electron chi connectivity index (χ0n) is 12.3. The van der Waals surface area contributed by atoms with Gasteiger partial charge in [-0.15, -0.1) is 0 Å². The number of imidazole rings is 1. The van der Waals surface area contributed by atoms with Gasteiger partial charge >= 0.3 is 0 Å². The van der Waals surface area contributed by atoms with Crippen LogP contribution < -0.4 is 5.32 Å². The summed E-state index contributed by atoms with van der Waals surface area (Å²) in [7, 11) is 0. The van der Waals surface area contributed by atoms with Crippen LogP contribution in [-0.2, 0) is 0 Å². The molecule has 1 aromatic carbocycles. The number of fused-ring (bicyclic) bond motifs is 1. The molecule has 0 atom stereocenters. The van der Waals surface area contributed by atoms with E-state index >= 15 is 0 Å². The van der Waals surface area contributed by atoms with Gasteiger partial charge in [-0.1, -0.05) is 0 Å². The van der Waals surface area contributed by atoms with Crippen LogP contribution in [0.4, 0.5) is 15.9 Å². The molecule has 6 heteroatoms. The maximum absolute atomic E-state index is 13.1. The van der Waals surface area contributed by atoms with Gasteiger partial charge < -0.3 is 9.73 Å². The fourth-order valence-corrected chi connectivity index (χ4v) is 2.41. The fourth-order valence-electron chi connectivity index (χ4n) is 2.41. The van der Waals surface area contributed by atoms with Gasteiger partial charge in [0.15, 0.2) is 11.5 Å². The standard InChI is InChI=1S/C17H13FN4O/c1-11-3-8-14(23-11)15-16(20-13-6-4-12(18)5-7-13)22-10-2-9-19-17(22)21-15/h2-10,20H,1H3. The Kier molecular flexibility index (Phi) is 3.08. The summed E-state index contributed by atoms with van der Waals surface area (Å²) in [4.78, 5) is 8.79. The molecule has 0 spiro atoms. The summed E-state index contributed by atoms with van der Waals surface area (Å²) in [6, 6.07) is 11.7. The van der Waals surface area contributed by atoms with Gasteiger partial charge in [0.2, 0.25) is 5.78 Å². The van der Waals surface area contributed by atoms with Gasteiger partial charge in [0.25, 0.3) is 0 Å². The second-order valence-corrected chi connectivity index (χ2v) is 5.14. The highest BCUT2D eigenvalue weighted by molar-refractivity contribution is 5.76. The largest absolute Gasteiger partial charge is 0.460 e. The van der Waals surface area contributed by atoms with E-state index in [-0.39, 0.29) is 5.82 Å². The molecule has 0 saturated heterocycles. The van der Waals surface area contributed by atoms with E-state index in [1.807, 2.05) is 35.7 Å². The summed E-state index contributed by atoms with van der Waals surface area (Å²) in [6.07, 6.45) is 3.54. The summed E-state index contributed by atoms with van der Waals surface area (Å²) in [6.45, 7) is 1.88. The summed E-state index contributed by atoms with van der Waals surface area (Å²) in [5.74, 6) is 2.45. The predicted octanol–water partition coefficient (Wildman–Crippen LogP) is 4.18. The van der Waals surface area contributed by atoms with Crippen LogP contribution >= 0.6 is 0 Å². The Balaban J connectivity index is 1.87. The lowest BCUT2D eigenvalue weighted by Crippen LogP contribution is -1.97. The number of anilines is 2. The van der Waals surface area contributed by atoms with Crippen LogP contribution in [0.25, 0.3) is 17.2 Å². The molecule has 0 bridgehead atoms. The van der Waals surface area contributed by atoms with Crippen molar-refractivity contribution in [1.29, 1.82) is 0 Å². The van der Waals surface area contributed by atoms with Gasteiger partial charge in [0.05, 0.1) is 0 Å². The highest BCUT2D eigenvalue weighted by atomic mass is 19.1. The lowest BCUT2D eigenvalue weighted by molar-refractivity contribution is 0.547. The SMILES string of the molecule is Cc1ccc(-c2nc3ncccn3c2Nc2ccc(F)cc2)o1. The zero-order chi connectivity index (χ0) is 15.8. The first-order chi connectivity index (χ1) is 11.2. The second kappa shape index (κ2) is 5.24. The van der Waals surface area contributed by atoms with Gasteiger partial charge in [0, 0.05) is 18.1 Å². The Morgan fingerprint density at radius 3 is 2.70 bits per heavy atom. The molecule has 0 fully saturated rings. The number of hydrogen-bond acceptors (Lipinski definition) is 4. The molecule has 0 aliphatic rings. The minimum Gasteiger partial charge on any atom is -0.460 e. The first kappa shape index (κ1) is 13.5. The van der Waals surface area contributed by atoms with Gasteiger partial charge in [-0.2, -0.15) is 0 Å². The quantitative estimate of drug-likeness (QED) is 0.617. The predicted molar refractivity (Wildman–Crippen MR) is 85.1 cm³/mol. The molecule has 0 aliphatic heterocycles. The Bertz CT molecular complexity index is 972. The summed E-state index contributed by atoms with van der Waals surface area (Å²) >= 11 is 0. The van der Waals surface area contributed by atoms with Crippen LogP contribution in [0.1, 0.15) is 5.76 Å².